The van der Waals surface area contributed by atoms with Crippen molar-refractivity contribution in [1.82, 2.24) is 8.61 Å². The number of carbonyl (C=O) groups is 1. The van der Waals surface area contributed by atoms with Crippen molar-refractivity contribution in [1.29, 1.82) is 0 Å². The number of anilines is 1. The largest absolute Gasteiger partial charge is 0.627 e. The third-order valence-corrected chi connectivity index (χ3v) is 11.9. The zero-order valence-electron chi connectivity index (χ0n) is 19.5. The van der Waals surface area contributed by atoms with Gasteiger partial charge in [-0.2, -0.15) is 8.61 Å². The number of sulfonamides is 2. The lowest BCUT2D eigenvalue weighted by Gasteiger charge is -2.40. The van der Waals surface area contributed by atoms with Gasteiger partial charge in [-0.05, 0) is 48.6 Å². The van der Waals surface area contributed by atoms with Gasteiger partial charge in [-0.1, -0.05) is 6.07 Å². The lowest BCUT2D eigenvalue weighted by Crippen LogP contribution is -3.12. The molecule has 2 aromatic rings. The molecule has 3 atom stereocenters. The summed E-state index contributed by atoms with van der Waals surface area (Å²) in [4.78, 5) is 13.4. The summed E-state index contributed by atoms with van der Waals surface area (Å²) in [5.41, 5.74) is 0.789. The minimum absolute atomic E-state index is 0.0155. The average Bonchev–Trinajstić information content (AvgIpc) is 3.44. The van der Waals surface area contributed by atoms with Gasteiger partial charge in [0.15, 0.2) is 0 Å². The molecule has 2 saturated heterocycles. The molecule has 3 unspecified atom stereocenters. The van der Waals surface area contributed by atoms with E-state index in [1.54, 1.807) is 23.6 Å². The maximum atomic E-state index is 13.3. The van der Waals surface area contributed by atoms with E-state index in [4.69, 9.17) is 0 Å². The van der Waals surface area contributed by atoms with Crippen molar-refractivity contribution in [3.8, 4) is 0 Å². The van der Waals surface area contributed by atoms with Gasteiger partial charge in [-0.25, -0.2) is 26.0 Å². The van der Waals surface area contributed by atoms with Gasteiger partial charge in [0.25, 0.3) is 16.4 Å². The molecule has 2 aliphatic heterocycles. The van der Waals surface area contributed by atoms with E-state index in [-0.39, 0.29) is 42.6 Å². The number of thiophene rings is 1. The smallest absolute Gasteiger partial charge is 0.300 e. The first kappa shape index (κ1) is 27.1. The molecule has 4 rings (SSSR count). The number of hydrogen-bond donors (Lipinski definition) is 1. The Bertz CT molecular complexity index is 1230. The molecule has 198 valence electrons. The Morgan fingerprint density at radius 2 is 1.75 bits per heavy atom. The van der Waals surface area contributed by atoms with E-state index < -0.39 is 42.8 Å². The number of piperazine rings is 1. The van der Waals surface area contributed by atoms with Crippen LogP contribution < -0.4 is 9.96 Å². The molecule has 10 nitrogen and oxygen atoms in total. The summed E-state index contributed by atoms with van der Waals surface area (Å²) in [6.07, 6.45) is 1.06. The van der Waals surface area contributed by atoms with Crippen LogP contribution in [0.15, 0.2) is 46.0 Å². The summed E-state index contributed by atoms with van der Waals surface area (Å²) in [5.74, 6) is -1.48. The van der Waals surface area contributed by atoms with E-state index in [9.17, 15) is 31.2 Å². The van der Waals surface area contributed by atoms with E-state index in [2.05, 4.69) is 0 Å². The first-order valence-corrected chi connectivity index (χ1v) is 15.6. The van der Waals surface area contributed by atoms with Crippen molar-refractivity contribution in [2.75, 3.05) is 49.9 Å². The molecule has 1 aromatic carbocycles. The van der Waals surface area contributed by atoms with Gasteiger partial charge in [0.1, 0.15) is 21.8 Å². The molecule has 0 bridgehead atoms. The lowest BCUT2D eigenvalue weighted by molar-refractivity contribution is -0.787. The molecule has 0 aliphatic carbocycles. The van der Waals surface area contributed by atoms with E-state index in [0.29, 0.717) is 25.9 Å². The summed E-state index contributed by atoms with van der Waals surface area (Å²) in [5, 5.41) is 13.4. The van der Waals surface area contributed by atoms with E-state index >= 15 is 0 Å². The van der Waals surface area contributed by atoms with Gasteiger partial charge in [0.05, 0.1) is 0 Å². The zero-order valence-corrected chi connectivity index (χ0v) is 22.0. The molecule has 2 fully saturated rings. The van der Waals surface area contributed by atoms with Gasteiger partial charge in [-0.3, -0.25) is 0 Å². The van der Waals surface area contributed by atoms with Crippen LogP contribution in [-0.2, 0) is 24.8 Å². The predicted octanol–water partition coefficient (Wildman–Crippen LogP) is 0.348. The maximum absolute atomic E-state index is 13.3. The maximum Gasteiger partial charge on any atom is 0.300 e. The number of amides is 1. The molecule has 0 spiro atoms. The number of benzene rings is 1. The highest BCUT2D eigenvalue weighted by Crippen LogP contribution is 2.28. The van der Waals surface area contributed by atoms with Crippen LogP contribution in [0.5, 0.6) is 0 Å². The number of carbonyl (C=O) groups excluding carboxylic acids is 1. The number of rotatable bonds is 9. The second-order valence-corrected chi connectivity index (χ2v) is 14.1. The third-order valence-electron chi connectivity index (χ3n) is 6.77. The van der Waals surface area contributed by atoms with Crippen LogP contribution in [0.25, 0.3) is 0 Å². The predicted molar refractivity (Wildman–Crippen MR) is 134 cm³/mol. The summed E-state index contributed by atoms with van der Waals surface area (Å²) in [7, 11) is -7.65. The third kappa shape index (κ3) is 5.96. The quantitative estimate of drug-likeness (QED) is 0.347. The van der Waals surface area contributed by atoms with Crippen LogP contribution in [0, 0.1) is 16.9 Å². The van der Waals surface area contributed by atoms with Gasteiger partial charge in [-0.15, -0.1) is 11.3 Å². The second-order valence-electron chi connectivity index (χ2n) is 8.97. The summed E-state index contributed by atoms with van der Waals surface area (Å²) < 4.78 is 68.5. The minimum Gasteiger partial charge on any atom is -0.627 e. The van der Waals surface area contributed by atoms with Crippen molar-refractivity contribution >= 4 is 43.5 Å². The van der Waals surface area contributed by atoms with E-state index in [0.717, 1.165) is 17.0 Å². The molecule has 2 aliphatic rings. The number of quaternary nitrogens is 1. The molecule has 1 N–H and O–H groups in total. The topological polar surface area (TPSA) is 123 Å². The molecule has 14 heteroatoms. The molecule has 0 saturated carbocycles. The Hall–Kier alpha value is -1.94. The second kappa shape index (κ2) is 11.2. The normalized spacial score (nSPS) is 22.3. The Kier molecular flexibility index (Phi) is 8.44. The lowest BCUT2D eigenvalue weighted by atomic mass is 9.92. The fourth-order valence-electron chi connectivity index (χ4n) is 4.80. The van der Waals surface area contributed by atoms with Crippen LogP contribution in [0.4, 0.5) is 10.1 Å². The minimum atomic E-state index is -3.89. The highest BCUT2D eigenvalue weighted by Gasteiger charge is 2.40. The molecule has 0 radical (unpaired) electrons. The SMILES string of the molecule is O=C[NH+]([O-])C(CS(=O)(=O)N1CCN(c2ccc(F)cc2)CC1)C1CCCN(S(=O)(=O)c2cccs2)C1. The van der Waals surface area contributed by atoms with E-state index in [1.807, 2.05) is 4.90 Å². The Morgan fingerprint density at radius 1 is 1.06 bits per heavy atom. The number of hydrogen-bond acceptors (Lipinski definition) is 8. The Morgan fingerprint density at radius 3 is 2.36 bits per heavy atom. The fourth-order valence-corrected chi connectivity index (χ4v) is 9.31. The van der Waals surface area contributed by atoms with Gasteiger partial charge in [0, 0.05) is 50.9 Å². The molecule has 1 aromatic heterocycles. The number of piperidine rings is 1. The number of halogens is 1. The Balaban J connectivity index is 1.44. The van der Waals surface area contributed by atoms with Crippen LogP contribution >= 0.6 is 11.3 Å². The van der Waals surface area contributed by atoms with Crippen LogP contribution in [0.3, 0.4) is 0 Å². The summed E-state index contributed by atoms with van der Waals surface area (Å²) in [6, 6.07) is 7.99. The molecule has 36 heavy (non-hydrogen) atoms. The van der Waals surface area contributed by atoms with Gasteiger partial charge in [0.2, 0.25) is 10.0 Å². The highest BCUT2D eigenvalue weighted by atomic mass is 32.2. The van der Waals surface area contributed by atoms with Crippen LogP contribution in [-0.4, -0.2) is 82.9 Å². The Labute approximate surface area is 214 Å². The average molecular weight is 561 g/mol. The number of nitrogens with zero attached hydrogens (tertiary/aromatic N) is 3. The van der Waals surface area contributed by atoms with Crippen molar-refractivity contribution in [2.24, 2.45) is 5.92 Å². The first-order valence-electron chi connectivity index (χ1n) is 11.6. The number of nitrogens with one attached hydrogen (secondary N) is 1. The monoisotopic (exact) mass is 560 g/mol. The molecule has 3 heterocycles. The zero-order chi connectivity index (χ0) is 25.9. The first-order chi connectivity index (χ1) is 17.1. The fraction of sp³-hybridized carbons (Fsp3) is 0.500. The molecular weight excluding hydrogens is 531 g/mol. The molecular formula is C22H29FN4O6S3. The highest BCUT2D eigenvalue weighted by molar-refractivity contribution is 7.91. The van der Waals surface area contributed by atoms with Crippen LogP contribution in [0.1, 0.15) is 12.8 Å². The van der Waals surface area contributed by atoms with Gasteiger partial charge >= 0.3 is 0 Å². The van der Waals surface area contributed by atoms with Crippen molar-refractivity contribution in [3.63, 3.8) is 0 Å². The van der Waals surface area contributed by atoms with Crippen molar-refractivity contribution in [3.05, 3.63) is 52.8 Å². The van der Waals surface area contributed by atoms with Crippen molar-refractivity contribution < 1.29 is 31.1 Å². The number of hydroxylamine groups is 2. The van der Waals surface area contributed by atoms with Crippen LogP contribution in [0.2, 0.25) is 0 Å². The summed E-state index contributed by atoms with van der Waals surface area (Å²) in [6.45, 7) is 1.42. The molecule has 1 amide bonds. The standard InChI is InChI=1S/C22H29FN4O6S3/c23-19-5-7-20(8-6-19)24-10-12-25(13-11-24)35(30,31)16-21(27(29)17-28)18-3-1-9-26(15-18)36(32,33)22-4-2-14-34-22/h2,4-8,14,17-18,21,27H,1,3,9-13,15-16H2. The summed E-state index contributed by atoms with van der Waals surface area (Å²) >= 11 is 1.09. The van der Waals surface area contributed by atoms with Gasteiger partial charge < -0.3 is 15.2 Å². The van der Waals surface area contributed by atoms with E-state index in [1.165, 1.54) is 26.8 Å². The van der Waals surface area contributed by atoms with Crippen molar-refractivity contribution in [2.45, 2.75) is 23.1 Å².